The SMILES string of the molecule is CC(O)(NCCOc1ccc2c3ccccc3n(Cc3ccccc3)c2c1)c1cccc([N+](=O)[O-])c1. The van der Waals surface area contributed by atoms with Crippen LogP contribution in [0, 0.1) is 10.1 Å². The zero-order valence-corrected chi connectivity index (χ0v) is 19.9. The molecule has 1 aromatic heterocycles. The Balaban J connectivity index is 1.32. The van der Waals surface area contributed by atoms with E-state index >= 15 is 0 Å². The molecule has 7 nitrogen and oxygen atoms in total. The lowest BCUT2D eigenvalue weighted by Crippen LogP contribution is -2.41. The molecule has 0 bridgehead atoms. The van der Waals surface area contributed by atoms with Gasteiger partial charge in [0.2, 0.25) is 0 Å². The summed E-state index contributed by atoms with van der Waals surface area (Å²) >= 11 is 0. The minimum atomic E-state index is -1.43. The summed E-state index contributed by atoms with van der Waals surface area (Å²) in [6.07, 6.45) is 0. The maximum absolute atomic E-state index is 11.1. The number of nitrogens with one attached hydrogen (secondary N) is 1. The molecule has 0 fully saturated rings. The summed E-state index contributed by atoms with van der Waals surface area (Å²) in [4.78, 5) is 10.6. The molecule has 2 N–H and O–H groups in total. The van der Waals surface area contributed by atoms with Crippen LogP contribution in [0.15, 0.2) is 97.1 Å². The number of benzene rings is 4. The Hall–Kier alpha value is -4.20. The first-order valence-electron chi connectivity index (χ1n) is 11.8. The van der Waals surface area contributed by atoms with E-state index in [0.29, 0.717) is 18.7 Å². The molecule has 0 aliphatic heterocycles. The Bertz CT molecular complexity index is 1530. The number of aliphatic hydroxyl groups is 1. The van der Waals surface area contributed by atoms with Gasteiger partial charge in [-0.3, -0.25) is 15.4 Å². The molecule has 4 aromatic carbocycles. The summed E-state index contributed by atoms with van der Waals surface area (Å²) in [6.45, 7) is 2.98. The van der Waals surface area contributed by atoms with Crippen LogP contribution >= 0.6 is 0 Å². The van der Waals surface area contributed by atoms with Crippen molar-refractivity contribution in [1.82, 2.24) is 9.88 Å². The highest BCUT2D eigenvalue weighted by Gasteiger charge is 2.24. The Labute approximate surface area is 208 Å². The van der Waals surface area contributed by atoms with Crippen molar-refractivity contribution in [3.63, 3.8) is 0 Å². The van der Waals surface area contributed by atoms with Crippen LogP contribution in [-0.2, 0) is 12.3 Å². The summed E-state index contributed by atoms with van der Waals surface area (Å²) in [5.41, 5.74) is 2.41. The number of rotatable bonds is 9. The second-order valence-electron chi connectivity index (χ2n) is 8.92. The average molecular weight is 482 g/mol. The number of non-ortho nitro benzene ring substituents is 1. The van der Waals surface area contributed by atoms with Crippen LogP contribution in [0.4, 0.5) is 5.69 Å². The van der Waals surface area contributed by atoms with E-state index in [-0.39, 0.29) is 5.69 Å². The molecule has 182 valence electrons. The van der Waals surface area contributed by atoms with Gasteiger partial charge < -0.3 is 14.4 Å². The third-order valence-corrected chi connectivity index (χ3v) is 6.39. The second kappa shape index (κ2) is 9.81. The number of nitro groups is 1. The molecule has 5 rings (SSSR count). The van der Waals surface area contributed by atoms with Crippen LogP contribution < -0.4 is 10.1 Å². The maximum atomic E-state index is 11.1. The van der Waals surface area contributed by atoms with E-state index in [1.54, 1.807) is 19.1 Å². The fourth-order valence-corrected chi connectivity index (χ4v) is 4.54. The van der Waals surface area contributed by atoms with Crippen molar-refractivity contribution in [2.45, 2.75) is 19.2 Å². The number of nitro benzene ring substituents is 1. The third-order valence-electron chi connectivity index (χ3n) is 6.39. The standard InChI is InChI=1S/C29H27N3O4/c1-29(33,22-10-7-11-23(18-22)32(34)35)30-16-17-36-24-14-15-26-25-12-5-6-13-27(25)31(28(26)19-24)20-21-8-3-2-4-9-21/h2-15,18-19,30,33H,16-17,20H2,1H3. The first kappa shape index (κ1) is 23.5. The van der Waals surface area contributed by atoms with Gasteiger partial charge in [-0.15, -0.1) is 0 Å². The van der Waals surface area contributed by atoms with Gasteiger partial charge in [0.25, 0.3) is 5.69 Å². The number of hydrogen-bond donors (Lipinski definition) is 2. The molecule has 0 aliphatic carbocycles. The second-order valence-corrected chi connectivity index (χ2v) is 8.92. The summed E-state index contributed by atoms with van der Waals surface area (Å²) in [7, 11) is 0. The van der Waals surface area contributed by atoms with Crippen molar-refractivity contribution in [1.29, 1.82) is 0 Å². The summed E-state index contributed by atoms with van der Waals surface area (Å²) < 4.78 is 8.32. The molecule has 1 atom stereocenters. The topological polar surface area (TPSA) is 89.6 Å². The van der Waals surface area contributed by atoms with E-state index in [9.17, 15) is 15.2 Å². The molecule has 0 saturated heterocycles. The van der Waals surface area contributed by atoms with Crippen LogP contribution in [0.25, 0.3) is 21.8 Å². The van der Waals surface area contributed by atoms with Crippen molar-refractivity contribution in [3.8, 4) is 5.75 Å². The Morgan fingerprint density at radius 1 is 0.917 bits per heavy atom. The van der Waals surface area contributed by atoms with Gasteiger partial charge in [0, 0.05) is 53.1 Å². The van der Waals surface area contributed by atoms with Crippen LogP contribution in [-0.4, -0.2) is 27.7 Å². The number of para-hydroxylation sites is 1. The van der Waals surface area contributed by atoms with Gasteiger partial charge in [0.1, 0.15) is 18.1 Å². The van der Waals surface area contributed by atoms with E-state index in [0.717, 1.165) is 17.8 Å². The quantitative estimate of drug-likeness (QED) is 0.124. The number of aromatic nitrogens is 1. The van der Waals surface area contributed by atoms with E-state index in [1.807, 2.05) is 24.3 Å². The number of fused-ring (bicyclic) bond motifs is 3. The van der Waals surface area contributed by atoms with E-state index in [2.05, 4.69) is 58.4 Å². The normalized spacial score (nSPS) is 13.1. The highest BCUT2D eigenvalue weighted by molar-refractivity contribution is 6.08. The van der Waals surface area contributed by atoms with Crippen LogP contribution in [0.3, 0.4) is 0 Å². The fraction of sp³-hybridized carbons (Fsp3) is 0.172. The number of hydrogen-bond acceptors (Lipinski definition) is 5. The summed E-state index contributed by atoms with van der Waals surface area (Å²) in [6, 6.07) is 30.8. The molecule has 0 saturated carbocycles. The highest BCUT2D eigenvalue weighted by atomic mass is 16.6. The average Bonchev–Trinajstić information content (AvgIpc) is 3.20. The van der Waals surface area contributed by atoms with Crippen molar-refractivity contribution in [3.05, 3.63) is 118 Å². The molecule has 5 aromatic rings. The van der Waals surface area contributed by atoms with Crippen molar-refractivity contribution >= 4 is 27.5 Å². The highest BCUT2D eigenvalue weighted by Crippen LogP contribution is 2.32. The number of ether oxygens (including phenoxy) is 1. The zero-order chi connectivity index (χ0) is 25.1. The molecule has 0 radical (unpaired) electrons. The molecule has 1 unspecified atom stereocenters. The van der Waals surface area contributed by atoms with E-state index in [4.69, 9.17) is 4.74 Å². The van der Waals surface area contributed by atoms with E-state index in [1.165, 1.54) is 34.0 Å². The number of nitrogens with zero attached hydrogens (tertiary/aromatic N) is 2. The Morgan fingerprint density at radius 2 is 1.67 bits per heavy atom. The molecule has 0 spiro atoms. The van der Waals surface area contributed by atoms with Gasteiger partial charge >= 0.3 is 0 Å². The van der Waals surface area contributed by atoms with Gasteiger partial charge in [-0.2, -0.15) is 0 Å². The van der Waals surface area contributed by atoms with Crippen molar-refractivity contribution in [2.24, 2.45) is 0 Å². The first-order chi connectivity index (χ1) is 17.4. The Morgan fingerprint density at radius 3 is 2.47 bits per heavy atom. The van der Waals surface area contributed by atoms with Gasteiger partial charge in [-0.05, 0) is 30.7 Å². The van der Waals surface area contributed by atoms with E-state index < -0.39 is 10.6 Å². The molecule has 0 aliphatic rings. The predicted octanol–water partition coefficient (Wildman–Crippen LogP) is 5.58. The molecule has 36 heavy (non-hydrogen) atoms. The molecule has 1 heterocycles. The summed E-state index contributed by atoms with van der Waals surface area (Å²) in [5, 5.41) is 27.2. The minimum Gasteiger partial charge on any atom is -0.492 e. The minimum absolute atomic E-state index is 0.0648. The van der Waals surface area contributed by atoms with Gasteiger partial charge in [0.05, 0.1) is 10.4 Å². The van der Waals surface area contributed by atoms with Crippen LogP contribution in [0.5, 0.6) is 5.75 Å². The summed E-state index contributed by atoms with van der Waals surface area (Å²) in [5.74, 6) is 0.733. The molecule has 7 heteroatoms. The van der Waals surface area contributed by atoms with Crippen molar-refractivity contribution in [2.75, 3.05) is 13.2 Å². The van der Waals surface area contributed by atoms with Gasteiger partial charge in [0.15, 0.2) is 0 Å². The van der Waals surface area contributed by atoms with Crippen molar-refractivity contribution < 1.29 is 14.8 Å². The molecular weight excluding hydrogens is 454 g/mol. The largest absolute Gasteiger partial charge is 0.492 e. The maximum Gasteiger partial charge on any atom is 0.269 e. The molecule has 0 amide bonds. The van der Waals surface area contributed by atoms with Gasteiger partial charge in [-0.25, -0.2) is 0 Å². The van der Waals surface area contributed by atoms with Gasteiger partial charge in [-0.1, -0.05) is 60.7 Å². The lowest BCUT2D eigenvalue weighted by atomic mass is 10.0. The lowest BCUT2D eigenvalue weighted by Gasteiger charge is -2.25. The molecular formula is C29H27N3O4. The van der Waals surface area contributed by atoms with Crippen LogP contribution in [0.1, 0.15) is 18.1 Å². The Kier molecular flexibility index (Phi) is 6.41. The third kappa shape index (κ3) is 4.79. The lowest BCUT2D eigenvalue weighted by molar-refractivity contribution is -0.385. The fourth-order valence-electron chi connectivity index (χ4n) is 4.54. The smallest absolute Gasteiger partial charge is 0.269 e. The monoisotopic (exact) mass is 481 g/mol. The predicted molar refractivity (Wildman–Crippen MR) is 141 cm³/mol. The first-order valence-corrected chi connectivity index (χ1v) is 11.8. The van der Waals surface area contributed by atoms with Crippen LogP contribution in [0.2, 0.25) is 0 Å². The zero-order valence-electron chi connectivity index (χ0n) is 19.9.